The highest BCUT2D eigenvalue weighted by Crippen LogP contribution is 2.20. The van der Waals surface area contributed by atoms with Crippen LogP contribution in [0.4, 0.5) is 5.82 Å². The van der Waals surface area contributed by atoms with Crippen molar-refractivity contribution in [1.82, 2.24) is 9.88 Å². The van der Waals surface area contributed by atoms with Crippen LogP contribution in [0, 0.1) is 11.3 Å². The number of pyridine rings is 1. The molecule has 0 saturated heterocycles. The summed E-state index contributed by atoms with van der Waals surface area (Å²) in [4.78, 5) is 6.62. The first-order chi connectivity index (χ1) is 7.24. The molecule has 0 amide bonds. The van der Waals surface area contributed by atoms with Crippen LogP contribution in [0.5, 0.6) is 0 Å². The van der Waals surface area contributed by atoms with Crippen molar-refractivity contribution in [1.29, 1.82) is 5.26 Å². The summed E-state index contributed by atoms with van der Waals surface area (Å²) in [5.41, 5.74) is 8.37. The van der Waals surface area contributed by atoms with Gasteiger partial charge in [-0.3, -0.25) is 4.90 Å². The predicted molar refractivity (Wildman–Crippen MR) is 58.0 cm³/mol. The van der Waals surface area contributed by atoms with Gasteiger partial charge in [-0.2, -0.15) is 5.26 Å². The SMILES string of the molecule is CCN1CCc2nc(N)c(C#N)cc2C1. The van der Waals surface area contributed by atoms with E-state index in [1.165, 1.54) is 0 Å². The molecule has 2 heterocycles. The normalized spacial score (nSPS) is 15.7. The van der Waals surface area contributed by atoms with Crippen LogP contribution in [-0.4, -0.2) is 23.0 Å². The van der Waals surface area contributed by atoms with Crippen molar-refractivity contribution in [3.8, 4) is 6.07 Å². The van der Waals surface area contributed by atoms with E-state index < -0.39 is 0 Å². The molecule has 78 valence electrons. The van der Waals surface area contributed by atoms with E-state index in [-0.39, 0.29) is 0 Å². The van der Waals surface area contributed by atoms with Gasteiger partial charge >= 0.3 is 0 Å². The second kappa shape index (κ2) is 3.87. The molecule has 0 spiro atoms. The van der Waals surface area contributed by atoms with Gasteiger partial charge in [-0.1, -0.05) is 6.92 Å². The molecule has 4 heteroatoms. The molecule has 0 unspecified atom stereocenters. The summed E-state index contributed by atoms with van der Waals surface area (Å²) in [6.45, 7) is 5.09. The third-order valence-corrected chi connectivity index (χ3v) is 2.85. The number of anilines is 1. The van der Waals surface area contributed by atoms with E-state index in [9.17, 15) is 0 Å². The van der Waals surface area contributed by atoms with Gasteiger partial charge in [-0.05, 0) is 18.2 Å². The molecule has 0 fully saturated rings. The lowest BCUT2D eigenvalue weighted by molar-refractivity contribution is 0.266. The lowest BCUT2D eigenvalue weighted by Crippen LogP contribution is -2.31. The van der Waals surface area contributed by atoms with E-state index in [4.69, 9.17) is 11.0 Å². The highest BCUT2D eigenvalue weighted by Gasteiger charge is 2.17. The second-order valence-corrected chi connectivity index (χ2v) is 3.76. The molecule has 1 aliphatic rings. The molecule has 2 N–H and O–H groups in total. The van der Waals surface area contributed by atoms with Gasteiger partial charge in [-0.15, -0.1) is 0 Å². The van der Waals surface area contributed by atoms with Gasteiger partial charge in [-0.25, -0.2) is 4.98 Å². The van der Waals surface area contributed by atoms with E-state index in [1.807, 2.05) is 6.07 Å². The maximum absolute atomic E-state index is 8.86. The summed E-state index contributed by atoms with van der Waals surface area (Å²) in [7, 11) is 0. The number of nitrogens with zero attached hydrogens (tertiary/aromatic N) is 3. The first-order valence-corrected chi connectivity index (χ1v) is 5.15. The molecule has 1 aromatic heterocycles. The van der Waals surface area contributed by atoms with Gasteiger partial charge in [0.2, 0.25) is 0 Å². The third kappa shape index (κ3) is 1.79. The molecule has 4 nitrogen and oxygen atoms in total. The first-order valence-electron chi connectivity index (χ1n) is 5.15. The Hall–Kier alpha value is -1.60. The zero-order valence-corrected chi connectivity index (χ0v) is 8.82. The fourth-order valence-corrected chi connectivity index (χ4v) is 1.91. The smallest absolute Gasteiger partial charge is 0.141 e. The molecule has 15 heavy (non-hydrogen) atoms. The average Bonchev–Trinajstić information content (AvgIpc) is 2.27. The van der Waals surface area contributed by atoms with Crippen molar-refractivity contribution in [3.05, 3.63) is 22.9 Å². The van der Waals surface area contributed by atoms with Crippen molar-refractivity contribution < 1.29 is 0 Å². The van der Waals surface area contributed by atoms with Crippen molar-refractivity contribution in [2.45, 2.75) is 19.9 Å². The number of nitriles is 1. The summed E-state index contributed by atoms with van der Waals surface area (Å²) in [6.07, 6.45) is 0.930. The summed E-state index contributed by atoms with van der Waals surface area (Å²) < 4.78 is 0. The van der Waals surface area contributed by atoms with Gasteiger partial charge in [0.1, 0.15) is 11.9 Å². The van der Waals surface area contributed by atoms with Crippen LogP contribution in [0.2, 0.25) is 0 Å². The Bertz CT molecular complexity index is 419. The molecule has 0 atom stereocenters. The number of nitrogens with two attached hydrogens (primary N) is 1. The maximum Gasteiger partial charge on any atom is 0.141 e. The summed E-state index contributed by atoms with van der Waals surface area (Å²) in [5.74, 6) is 0.362. The average molecular weight is 202 g/mol. The zero-order valence-electron chi connectivity index (χ0n) is 8.82. The molecule has 2 rings (SSSR count). The molecule has 1 aliphatic heterocycles. The lowest BCUT2D eigenvalue weighted by Gasteiger charge is -2.27. The minimum atomic E-state index is 0.362. The fraction of sp³-hybridized carbons (Fsp3) is 0.455. The van der Waals surface area contributed by atoms with Crippen LogP contribution in [0.15, 0.2) is 6.07 Å². The number of fused-ring (bicyclic) bond motifs is 1. The quantitative estimate of drug-likeness (QED) is 0.735. The Kier molecular flexibility index (Phi) is 2.57. The zero-order chi connectivity index (χ0) is 10.8. The number of nitrogen functional groups attached to an aromatic ring is 1. The molecular weight excluding hydrogens is 188 g/mol. The lowest BCUT2D eigenvalue weighted by atomic mass is 10.0. The molecule has 0 saturated carbocycles. The molecule has 0 aliphatic carbocycles. The highest BCUT2D eigenvalue weighted by molar-refractivity contribution is 5.51. The minimum Gasteiger partial charge on any atom is -0.383 e. The van der Waals surface area contributed by atoms with Crippen molar-refractivity contribution >= 4 is 5.82 Å². The maximum atomic E-state index is 8.86. The summed E-state index contributed by atoms with van der Waals surface area (Å²) in [5, 5.41) is 8.86. The van der Waals surface area contributed by atoms with Crippen LogP contribution in [0.3, 0.4) is 0 Å². The molecule has 0 bridgehead atoms. The van der Waals surface area contributed by atoms with Crippen LogP contribution in [-0.2, 0) is 13.0 Å². The van der Waals surface area contributed by atoms with Crippen LogP contribution in [0.1, 0.15) is 23.7 Å². The Balaban J connectivity index is 2.38. The van der Waals surface area contributed by atoms with Crippen molar-refractivity contribution in [2.75, 3.05) is 18.8 Å². The monoisotopic (exact) mass is 202 g/mol. The topological polar surface area (TPSA) is 65.9 Å². The molecule has 0 aromatic carbocycles. The van der Waals surface area contributed by atoms with Gasteiger partial charge in [0.15, 0.2) is 0 Å². The van der Waals surface area contributed by atoms with Crippen LogP contribution < -0.4 is 5.73 Å². The van der Waals surface area contributed by atoms with Crippen LogP contribution >= 0.6 is 0 Å². The van der Waals surface area contributed by atoms with Crippen LogP contribution in [0.25, 0.3) is 0 Å². The van der Waals surface area contributed by atoms with E-state index in [0.717, 1.165) is 37.3 Å². The van der Waals surface area contributed by atoms with E-state index in [1.54, 1.807) is 0 Å². The summed E-state index contributed by atoms with van der Waals surface area (Å²) in [6, 6.07) is 3.95. The van der Waals surface area contributed by atoms with E-state index in [0.29, 0.717) is 11.4 Å². The largest absolute Gasteiger partial charge is 0.383 e. The Morgan fingerprint density at radius 1 is 1.67 bits per heavy atom. The number of hydrogen-bond acceptors (Lipinski definition) is 4. The first kappa shape index (κ1) is 9.94. The predicted octanol–water partition coefficient (Wildman–Crippen LogP) is 0.913. The van der Waals surface area contributed by atoms with Gasteiger partial charge in [0.25, 0.3) is 0 Å². The standard InChI is InChI=1S/C11H14N4/c1-2-15-4-3-10-9(7-15)5-8(6-12)11(13)14-10/h5H,2-4,7H2,1H3,(H2,13,14). The van der Waals surface area contributed by atoms with Gasteiger partial charge < -0.3 is 5.73 Å². The van der Waals surface area contributed by atoms with E-state index >= 15 is 0 Å². The number of likely N-dealkylation sites (N-methyl/N-ethyl adjacent to an activating group) is 1. The van der Waals surface area contributed by atoms with Crippen molar-refractivity contribution in [3.63, 3.8) is 0 Å². The minimum absolute atomic E-state index is 0.362. The highest BCUT2D eigenvalue weighted by atomic mass is 15.1. The third-order valence-electron chi connectivity index (χ3n) is 2.85. The second-order valence-electron chi connectivity index (χ2n) is 3.76. The molecule has 1 aromatic rings. The van der Waals surface area contributed by atoms with Gasteiger partial charge in [0.05, 0.1) is 5.56 Å². The Morgan fingerprint density at radius 3 is 3.13 bits per heavy atom. The van der Waals surface area contributed by atoms with Crippen molar-refractivity contribution in [2.24, 2.45) is 0 Å². The van der Waals surface area contributed by atoms with E-state index in [2.05, 4.69) is 22.9 Å². The Morgan fingerprint density at radius 2 is 2.47 bits per heavy atom. The van der Waals surface area contributed by atoms with Gasteiger partial charge in [0, 0.05) is 25.2 Å². The Labute approximate surface area is 89.3 Å². The molecular formula is C11H14N4. The molecule has 0 radical (unpaired) electrons. The number of rotatable bonds is 1. The number of hydrogen-bond donors (Lipinski definition) is 1. The fourth-order valence-electron chi connectivity index (χ4n) is 1.91. The number of aromatic nitrogens is 1. The summed E-state index contributed by atoms with van der Waals surface area (Å²) >= 11 is 0.